The Hall–Kier alpha value is -2.62. The minimum Gasteiger partial charge on any atom is -0.481 e. The highest BCUT2D eigenvalue weighted by Gasteiger charge is 2.17. The van der Waals surface area contributed by atoms with Gasteiger partial charge >= 0.3 is 11.9 Å². The van der Waals surface area contributed by atoms with E-state index < -0.39 is 11.9 Å². The molecule has 0 spiro atoms. The smallest absolute Gasteiger partial charge is 0.303 e. The molecule has 0 saturated heterocycles. The van der Waals surface area contributed by atoms with Gasteiger partial charge in [0.15, 0.2) is 0 Å². The van der Waals surface area contributed by atoms with Crippen molar-refractivity contribution >= 4 is 11.9 Å². The van der Waals surface area contributed by atoms with Gasteiger partial charge in [-0.2, -0.15) is 0 Å². The van der Waals surface area contributed by atoms with Crippen LogP contribution >= 0.6 is 0 Å². The average Bonchev–Trinajstić information content (AvgIpc) is 2.60. The first-order valence-corrected chi connectivity index (χ1v) is 9.20. The van der Waals surface area contributed by atoms with Crippen LogP contribution in [0.1, 0.15) is 47.9 Å². The van der Waals surface area contributed by atoms with Crippen molar-refractivity contribution in [3.8, 4) is 11.1 Å². The lowest BCUT2D eigenvalue weighted by molar-refractivity contribution is -0.138. The molecular formula is C22H24O4. The minimum atomic E-state index is -0.740. The van der Waals surface area contributed by atoms with E-state index in [2.05, 4.69) is 36.4 Å². The molecule has 0 amide bonds. The van der Waals surface area contributed by atoms with Gasteiger partial charge in [0.05, 0.1) is 0 Å². The third kappa shape index (κ3) is 4.51. The van der Waals surface area contributed by atoms with Crippen LogP contribution in [0.25, 0.3) is 11.1 Å². The highest BCUT2D eigenvalue weighted by Crippen LogP contribution is 2.35. The molecule has 4 nitrogen and oxygen atoms in total. The molecule has 0 radical (unpaired) electrons. The lowest BCUT2D eigenvalue weighted by Gasteiger charge is -2.21. The molecule has 2 aromatic carbocycles. The van der Waals surface area contributed by atoms with Crippen molar-refractivity contribution in [3.05, 3.63) is 58.7 Å². The molecule has 0 fully saturated rings. The van der Waals surface area contributed by atoms with E-state index in [1.807, 2.05) is 0 Å². The average molecular weight is 352 g/mol. The number of fused-ring (bicyclic) bond motifs is 3. The quantitative estimate of drug-likeness (QED) is 0.744. The SMILES string of the molecule is O=C(O)CCCc1ccc2c(c1)CCc1cc(CCCC(=O)O)ccc1-2. The van der Waals surface area contributed by atoms with Crippen molar-refractivity contribution in [1.82, 2.24) is 0 Å². The Labute approximate surface area is 153 Å². The second kappa shape index (κ2) is 8.17. The van der Waals surface area contributed by atoms with Crippen molar-refractivity contribution in [2.45, 2.75) is 51.4 Å². The van der Waals surface area contributed by atoms with E-state index in [9.17, 15) is 9.59 Å². The summed E-state index contributed by atoms with van der Waals surface area (Å²) in [5.41, 5.74) is 7.63. The van der Waals surface area contributed by atoms with Crippen LogP contribution in [0.15, 0.2) is 36.4 Å². The highest BCUT2D eigenvalue weighted by molar-refractivity contribution is 5.74. The van der Waals surface area contributed by atoms with Crippen molar-refractivity contribution < 1.29 is 19.8 Å². The lowest BCUT2D eigenvalue weighted by atomic mass is 9.83. The van der Waals surface area contributed by atoms with Gasteiger partial charge in [-0.05, 0) is 71.9 Å². The summed E-state index contributed by atoms with van der Waals surface area (Å²) in [6.45, 7) is 0. The predicted octanol–water partition coefficient (Wildman–Crippen LogP) is 4.27. The van der Waals surface area contributed by atoms with Crippen LogP contribution in [0.2, 0.25) is 0 Å². The predicted molar refractivity (Wildman–Crippen MR) is 100 cm³/mol. The molecule has 0 saturated carbocycles. The number of carboxylic acids is 2. The summed E-state index contributed by atoms with van der Waals surface area (Å²) in [6, 6.07) is 13.0. The molecule has 3 rings (SSSR count). The maximum atomic E-state index is 10.7. The topological polar surface area (TPSA) is 74.6 Å². The van der Waals surface area contributed by atoms with Crippen LogP contribution < -0.4 is 0 Å². The fourth-order valence-corrected chi connectivity index (χ4v) is 3.70. The van der Waals surface area contributed by atoms with E-state index in [0.717, 1.165) is 25.7 Å². The molecule has 1 aliphatic carbocycles. The second-order valence-electron chi connectivity index (χ2n) is 6.98. The molecule has 2 aromatic rings. The van der Waals surface area contributed by atoms with Crippen LogP contribution in [0.3, 0.4) is 0 Å². The summed E-state index contributed by atoms with van der Waals surface area (Å²) in [4.78, 5) is 21.3. The fraction of sp³-hybridized carbons (Fsp3) is 0.364. The highest BCUT2D eigenvalue weighted by atomic mass is 16.4. The van der Waals surface area contributed by atoms with E-state index in [4.69, 9.17) is 10.2 Å². The number of aliphatic carboxylic acids is 2. The third-order valence-corrected chi connectivity index (χ3v) is 5.01. The van der Waals surface area contributed by atoms with E-state index >= 15 is 0 Å². The van der Waals surface area contributed by atoms with Gasteiger partial charge in [-0.3, -0.25) is 9.59 Å². The summed E-state index contributed by atoms with van der Waals surface area (Å²) in [7, 11) is 0. The zero-order valence-corrected chi connectivity index (χ0v) is 14.8. The van der Waals surface area contributed by atoms with E-state index in [1.165, 1.54) is 33.4 Å². The van der Waals surface area contributed by atoms with Gasteiger partial charge in [0, 0.05) is 12.8 Å². The molecule has 2 N–H and O–H groups in total. The lowest BCUT2D eigenvalue weighted by Crippen LogP contribution is -2.06. The van der Waals surface area contributed by atoms with E-state index in [0.29, 0.717) is 12.8 Å². The monoisotopic (exact) mass is 352 g/mol. The molecule has 26 heavy (non-hydrogen) atoms. The Kier molecular flexibility index (Phi) is 5.71. The Morgan fingerprint density at radius 3 is 1.54 bits per heavy atom. The van der Waals surface area contributed by atoms with Crippen molar-refractivity contribution in [2.24, 2.45) is 0 Å². The number of carbonyl (C=O) groups is 2. The molecule has 0 heterocycles. The number of benzene rings is 2. The largest absolute Gasteiger partial charge is 0.481 e. The van der Waals surface area contributed by atoms with Gasteiger partial charge in [-0.15, -0.1) is 0 Å². The van der Waals surface area contributed by atoms with Gasteiger partial charge in [-0.1, -0.05) is 36.4 Å². The fourth-order valence-electron chi connectivity index (χ4n) is 3.70. The summed E-state index contributed by atoms with van der Waals surface area (Å²) in [6.07, 6.45) is 5.36. The first kappa shape index (κ1) is 18.2. The minimum absolute atomic E-state index is 0.213. The summed E-state index contributed by atoms with van der Waals surface area (Å²) < 4.78 is 0. The third-order valence-electron chi connectivity index (χ3n) is 5.01. The molecule has 1 aliphatic rings. The maximum Gasteiger partial charge on any atom is 0.303 e. The van der Waals surface area contributed by atoms with Crippen LogP contribution in [0, 0.1) is 0 Å². The number of carboxylic acid groups (broad SMARTS) is 2. The molecule has 0 unspecified atom stereocenters. The summed E-state index contributed by atoms with van der Waals surface area (Å²) >= 11 is 0. The standard InChI is InChI=1S/C22H24O4/c23-21(24)5-1-3-15-7-11-19-17(13-15)9-10-18-14-16(8-12-20(18)19)4-2-6-22(25)26/h7-8,11-14H,1-6,9-10H2,(H,23,24)(H,25,26). The number of hydrogen-bond acceptors (Lipinski definition) is 2. The molecule has 0 aromatic heterocycles. The number of rotatable bonds is 8. The summed E-state index contributed by atoms with van der Waals surface area (Å²) in [5.74, 6) is -1.48. The Bertz CT molecular complexity index is 753. The zero-order chi connectivity index (χ0) is 18.5. The first-order chi connectivity index (χ1) is 12.5. The van der Waals surface area contributed by atoms with E-state index in [1.54, 1.807) is 0 Å². The van der Waals surface area contributed by atoms with Crippen LogP contribution in [0.4, 0.5) is 0 Å². The van der Waals surface area contributed by atoms with Gasteiger partial charge in [-0.25, -0.2) is 0 Å². The van der Waals surface area contributed by atoms with Crippen LogP contribution in [-0.2, 0) is 35.3 Å². The Morgan fingerprint density at radius 1 is 0.731 bits per heavy atom. The molecule has 136 valence electrons. The van der Waals surface area contributed by atoms with Gasteiger partial charge in [0.25, 0.3) is 0 Å². The van der Waals surface area contributed by atoms with E-state index in [-0.39, 0.29) is 12.8 Å². The molecular weight excluding hydrogens is 328 g/mol. The van der Waals surface area contributed by atoms with Crippen LogP contribution in [-0.4, -0.2) is 22.2 Å². The normalized spacial score (nSPS) is 12.3. The molecule has 4 heteroatoms. The first-order valence-electron chi connectivity index (χ1n) is 9.20. The molecule has 0 bridgehead atoms. The zero-order valence-electron chi connectivity index (χ0n) is 14.8. The number of aryl methyl sites for hydroxylation is 4. The Morgan fingerprint density at radius 2 is 1.15 bits per heavy atom. The van der Waals surface area contributed by atoms with Gasteiger partial charge < -0.3 is 10.2 Å². The number of hydrogen-bond donors (Lipinski definition) is 2. The van der Waals surface area contributed by atoms with Gasteiger partial charge in [0.2, 0.25) is 0 Å². The molecule has 0 aliphatic heterocycles. The van der Waals surface area contributed by atoms with Crippen molar-refractivity contribution in [2.75, 3.05) is 0 Å². The van der Waals surface area contributed by atoms with Crippen molar-refractivity contribution in [1.29, 1.82) is 0 Å². The second-order valence-corrected chi connectivity index (χ2v) is 6.98. The van der Waals surface area contributed by atoms with Gasteiger partial charge in [0.1, 0.15) is 0 Å². The summed E-state index contributed by atoms with van der Waals surface area (Å²) in [5, 5.41) is 17.5. The van der Waals surface area contributed by atoms with Crippen LogP contribution in [0.5, 0.6) is 0 Å². The van der Waals surface area contributed by atoms with Crippen molar-refractivity contribution in [3.63, 3.8) is 0 Å². The Balaban J connectivity index is 1.72. The molecule has 0 atom stereocenters. The maximum absolute atomic E-state index is 10.7.